The van der Waals surface area contributed by atoms with E-state index in [4.69, 9.17) is 26.3 Å². The molecule has 2 heterocycles. The van der Waals surface area contributed by atoms with Crippen molar-refractivity contribution in [3.8, 4) is 17.6 Å². The average Bonchev–Trinajstić information content (AvgIpc) is 2.79. The highest BCUT2D eigenvalue weighted by Crippen LogP contribution is 2.27. The number of nitrogens with zero attached hydrogens (tertiary/aromatic N) is 1. The van der Waals surface area contributed by atoms with Gasteiger partial charge in [0.25, 0.3) is 0 Å². The molecule has 0 atom stereocenters. The van der Waals surface area contributed by atoms with Crippen molar-refractivity contribution >= 4 is 11.6 Å². The first-order chi connectivity index (χ1) is 15.0. The molecule has 0 bridgehead atoms. The Labute approximate surface area is 190 Å². The monoisotopic (exact) mass is 441 g/mol. The second-order valence-corrected chi connectivity index (χ2v) is 8.52. The van der Waals surface area contributed by atoms with E-state index in [0.717, 1.165) is 79.5 Å². The van der Waals surface area contributed by atoms with Gasteiger partial charge >= 0.3 is 0 Å². The third-order valence-corrected chi connectivity index (χ3v) is 6.15. The molecule has 0 saturated carbocycles. The van der Waals surface area contributed by atoms with Crippen molar-refractivity contribution in [2.75, 3.05) is 26.2 Å². The number of rotatable bonds is 4. The van der Waals surface area contributed by atoms with Crippen LogP contribution in [0.2, 0.25) is 5.02 Å². The molecule has 4 rings (SSSR count). The van der Waals surface area contributed by atoms with Crippen LogP contribution in [0.4, 0.5) is 0 Å². The number of piperidine rings is 2. The van der Waals surface area contributed by atoms with E-state index >= 15 is 0 Å². The molecule has 2 aromatic rings. The van der Waals surface area contributed by atoms with Gasteiger partial charge in [-0.3, -0.25) is 0 Å². The Hall–Kier alpha value is -2.26. The zero-order chi connectivity index (χ0) is 22.1. The van der Waals surface area contributed by atoms with E-state index in [1.807, 2.05) is 38.1 Å². The van der Waals surface area contributed by atoms with Crippen LogP contribution < -0.4 is 20.1 Å². The molecule has 6 heteroatoms. The normalized spacial score (nSPS) is 17.2. The van der Waals surface area contributed by atoms with Crippen LogP contribution in [0.15, 0.2) is 36.4 Å². The lowest BCUT2D eigenvalue weighted by Crippen LogP contribution is -2.34. The van der Waals surface area contributed by atoms with Crippen LogP contribution in [0, 0.1) is 25.2 Å². The Morgan fingerprint density at radius 1 is 0.839 bits per heavy atom. The van der Waals surface area contributed by atoms with Crippen LogP contribution in [-0.2, 0) is 0 Å². The predicted octanol–water partition coefficient (Wildman–Crippen LogP) is 4.78. The Morgan fingerprint density at radius 2 is 1.35 bits per heavy atom. The fourth-order valence-corrected chi connectivity index (χ4v) is 3.93. The lowest BCUT2D eigenvalue weighted by molar-refractivity contribution is 0.162. The second kappa shape index (κ2) is 12.0. The van der Waals surface area contributed by atoms with Gasteiger partial charge in [0.1, 0.15) is 23.7 Å². The molecular formula is C25H32ClN3O2. The van der Waals surface area contributed by atoms with E-state index in [0.29, 0.717) is 17.8 Å². The molecule has 2 N–H and O–H groups in total. The molecule has 2 aromatic carbocycles. The maximum Gasteiger partial charge on any atom is 0.121 e. The number of hydrogen-bond donors (Lipinski definition) is 2. The number of hydrogen-bond acceptors (Lipinski definition) is 5. The van der Waals surface area contributed by atoms with Crippen molar-refractivity contribution in [1.82, 2.24) is 10.6 Å². The van der Waals surface area contributed by atoms with Crippen molar-refractivity contribution in [3.05, 3.63) is 58.1 Å². The molecule has 166 valence electrons. The maximum absolute atomic E-state index is 8.75. The SMILES string of the molecule is Cc1cc(OC2CCNCC2)cc(C)c1Cl.N#Cc1cccc(OC2CCNCC2)c1. The van der Waals surface area contributed by atoms with Gasteiger partial charge in [-0.25, -0.2) is 0 Å². The average molecular weight is 442 g/mol. The Morgan fingerprint density at radius 3 is 1.87 bits per heavy atom. The number of benzene rings is 2. The van der Waals surface area contributed by atoms with Crippen molar-refractivity contribution in [2.24, 2.45) is 0 Å². The molecule has 2 aliphatic rings. The molecule has 0 aromatic heterocycles. The topological polar surface area (TPSA) is 66.3 Å². The highest BCUT2D eigenvalue weighted by molar-refractivity contribution is 6.32. The van der Waals surface area contributed by atoms with Crippen LogP contribution in [0.5, 0.6) is 11.5 Å². The summed E-state index contributed by atoms with van der Waals surface area (Å²) in [6.07, 6.45) is 4.89. The van der Waals surface area contributed by atoms with Crippen molar-refractivity contribution < 1.29 is 9.47 Å². The number of nitrogens with one attached hydrogen (secondary N) is 2. The van der Waals surface area contributed by atoms with Gasteiger partial charge in [-0.2, -0.15) is 5.26 Å². The van der Waals surface area contributed by atoms with Crippen molar-refractivity contribution in [1.29, 1.82) is 5.26 Å². The van der Waals surface area contributed by atoms with E-state index < -0.39 is 0 Å². The van der Waals surface area contributed by atoms with E-state index in [-0.39, 0.29) is 0 Å². The smallest absolute Gasteiger partial charge is 0.121 e. The molecule has 2 fully saturated rings. The summed E-state index contributed by atoms with van der Waals surface area (Å²) in [4.78, 5) is 0. The lowest BCUT2D eigenvalue weighted by atomic mass is 10.1. The molecule has 0 amide bonds. The molecular weight excluding hydrogens is 410 g/mol. The first kappa shape index (κ1) is 23.4. The van der Waals surface area contributed by atoms with Crippen LogP contribution in [-0.4, -0.2) is 38.4 Å². The number of halogens is 1. The Kier molecular flexibility index (Phi) is 9.02. The maximum atomic E-state index is 8.75. The molecule has 31 heavy (non-hydrogen) atoms. The van der Waals surface area contributed by atoms with E-state index in [1.54, 1.807) is 12.1 Å². The molecule has 2 saturated heterocycles. The van der Waals surface area contributed by atoms with Crippen LogP contribution in [0.1, 0.15) is 42.4 Å². The van der Waals surface area contributed by atoms with Gasteiger partial charge in [-0.1, -0.05) is 17.7 Å². The fraction of sp³-hybridized carbons (Fsp3) is 0.480. The molecule has 2 aliphatic heterocycles. The summed E-state index contributed by atoms with van der Waals surface area (Å²) in [5.41, 5.74) is 2.83. The summed E-state index contributed by atoms with van der Waals surface area (Å²) in [7, 11) is 0. The van der Waals surface area contributed by atoms with Crippen LogP contribution in [0.25, 0.3) is 0 Å². The summed E-state index contributed by atoms with van der Waals surface area (Å²) >= 11 is 6.13. The largest absolute Gasteiger partial charge is 0.490 e. The molecule has 5 nitrogen and oxygen atoms in total. The zero-order valence-electron chi connectivity index (χ0n) is 18.4. The minimum atomic E-state index is 0.292. The van der Waals surface area contributed by atoms with E-state index in [9.17, 15) is 0 Å². The van der Waals surface area contributed by atoms with Gasteiger partial charge in [-0.05, 0) is 107 Å². The second-order valence-electron chi connectivity index (χ2n) is 8.15. The molecule has 0 aliphatic carbocycles. The molecule has 0 spiro atoms. The number of aryl methyl sites for hydroxylation is 2. The van der Waals surface area contributed by atoms with Crippen molar-refractivity contribution in [3.63, 3.8) is 0 Å². The minimum Gasteiger partial charge on any atom is -0.490 e. The van der Waals surface area contributed by atoms with Crippen LogP contribution >= 0.6 is 11.6 Å². The highest BCUT2D eigenvalue weighted by atomic mass is 35.5. The lowest BCUT2D eigenvalue weighted by Gasteiger charge is -2.24. The summed E-state index contributed by atoms with van der Waals surface area (Å²) in [5, 5.41) is 16.2. The molecule has 0 radical (unpaired) electrons. The summed E-state index contributed by atoms with van der Waals surface area (Å²) < 4.78 is 11.8. The number of ether oxygens (including phenoxy) is 2. The summed E-state index contributed by atoms with van der Waals surface area (Å²) in [6.45, 7) is 8.17. The summed E-state index contributed by atoms with van der Waals surface area (Å²) in [6, 6.07) is 13.5. The fourth-order valence-electron chi connectivity index (χ4n) is 3.82. The number of nitriles is 1. The third kappa shape index (κ3) is 7.43. The van der Waals surface area contributed by atoms with Gasteiger partial charge in [-0.15, -0.1) is 0 Å². The Balaban J connectivity index is 0.000000176. The first-order valence-corrected chi connectivity index (χ1v) is 11.4. The van der Waals surface area contributed by atoms with Gasteiger partial charge in [0, 0.05) is 5.02 Å². The summed E-state index contributed by atoms with van der Waals surface area (Å²) in [5.74, 6) is 1.76. The minimum absolute atomic E-state index is 0.292. The first-order valence-electron chi connectivity index (χ1n) is 11.1. The van der Waals surface area contributed by atoms with Crippen molar-refractivity contribution in [2.45, 2.75) is 51.7 Å². The quantitative estimate of drug-likeness (QED) is 0.714. The van der Waals surface area contributed by atoms with E-state index in [2.05, 4.69) is 16.7 Å². The van der Waals surface area contributed by atoms with Gasteiger partial charge < -0.3 is 20.1 Å². The van der Waals surface area contributed by atoms with E-state index in [1.165, 1.54) is 0 Å². The highest BCUT2D eigenvalue weighted by Gasteiger charge is 2.15. The Bertz CT molecular complexity index is 862. The van der Waals surface area contributed by atoms with Gasteiger partial charge in [0.05, 0.1) is 11.6 Å². The predicted molar refractivity (Wildman–Crippen MR) is 125 cm³/mol. The third-order valence-electron chi connectivity index (χ3n) is 5.55. The van der Waals surface area contributed by atoms with Gasteiger partial charge in [0.15, 0.2) is 0 Å². The zero-order valence-corrected chi connectivity index (χ0v) is 19.2. The standard InChI is InChI=1S/C13H18ClNO.C12H14N2O/c1-9-7-12(8-10(2)13(9)14)16-11-3-5-15-6-4-11;13-9-10-2-1-3-12(8-10)15-11-4-6-14-7-5-11/h7-8,11,15H,3-6H2,1-2H3;1-3,8,11,14H,4-7H2. The van der Waals surface area contributed by atoms with Crippen LogP contribution in [0.3, 0.4) is 0 Å². The van der Waals surface area contributed by atoms with Gasteiger partial charge in [0.2, 0.25) is 0 Å². The molecule has 0 unspecified atom stereocenters.